The van der Waals surface area contributed by atoms with Gasteiger partial charge in [0.1, 0.15) is 0 Å². The van der Waals surface area contributed by atoms with Gasteiger partial charge in [0.05, 0.1) is 45.1 Å². The summed E-state index contributed by atoms with van der Waals surface area (Å²) in [6.45, 7) is 0.700. The topological polar surface area (TPSA) is 88.5 Å². The standard InChI is InChI=1S/C22H26N2O6/c1-23(11-14-9-18(28-2)20(30-4)19(10-14)29-3)12-15(25)13-24-21(26)16-7-5-6-8-17(16)22(24)27/h5-10,15,25H,11-13H2,1-4H3. The van der Waals surface area contributed by atoms with Gasteiger partial charge in [-0.15, -0.1) is 0 Å². The maximum atomic E-state index is 12.5. The molecule has 0 fully saturated rings. The largest absolute Gasteiger partial charge is 0.493 e. The average molecular weight is 414 g/mol. The molecule has 2 amide bonds. The highest BCUT2D eigenvalue weighted by molar-refractivity contribution is 6.21. The van der Waals surface area contributed by atoms with Crippen molar-refractivity contribution in [3.8, 4) is 17.2 Å². The summed E-state index contributed by atoms with van der Waals surface area (Å²) in [6, 6.07) is 10.4. The number of β-amino-alcohol motifs (C(OH)–C–C–N with tert-alkyl or cyclic N) is 1. The lowest BCUT2D eigenvalue weighted by Gasteiger charge is -2.24. The summed E-state index contributed by atoms with van der Waals surface area (Å²) in [6.07, 6.45) is -0.890. The van der Waals surface area contributed by atoms with Gasteiger partial charge in [-0.05, 0) is 36.9 Å². The number of nitrogens with zero attached hydrogens (tertiary/aromatic N) is 2. The third-order valence-corrected chi connectivity index (χ3v) is 4.97. The average Bonchev–Trinajstić information content (AvgIpc) is 2.97. The smallest absolute Gasteiger partial charge is 0.261 e. The van der Waals surface area contributed by atoms with Crippen LogP contribution in [-0.4, -0.2) is 74.3 Å². The third-order valence-electron chi connectivity index (χ3n) is 4.97. The quantitative estimate of drug-likeness (QED) is 0.626. The van der Waals surface area contributed by atoms with Gasteiger partial charge in [-0.1, -0.05) is 12.1 Å². The number of carbonyl (C=O) groups excluding carboxylic acids is 2. The molecule has 1 atom stereocenters. The van der Waals surface area contributed by atoms with Gasteiger partial charge in [0.2, 0.25) is 5.75 Å². The van der Waals surface area contributed by atoms with Crippen LogP contribution in [0.5, 0.6) is 17.2 Å². The van der Waals surface area contributed by atoms with Crippen LogP contribution in [0.3, 0.4) is 0 Å². The zero-order chi connectivity index (χ0) is 21.8. The Kier molecular flexibility index (Phi) is 6.59. The predicted molar refractivity (Wildman–Crippen MR) is 110 cm³/mol. The van der Waals surface area contributed by atoms with E-state index in [1.54, 1.807) is 45.6 Å². The summed E-state index contributed by atoms with van der Waals surface area (Å²) in [7, 11) is 6.49. The van der Waals surface area contributed by atoms with E-state index in [1.165, 1.54) is 0 Å². The van der Waals surface area contributed by atoms with Crippen LogP contribution in [0.1, 0.15) is 26.3 Å². The molecule has 8 nitrogen and oxygen atoms in total. The molecule has 2 aromatic carbocycles. The van der Waals surface area contributed by atoms with Gasteiger partial charge in [0, 0.05) is 13.1 Å². The normalized spacial score (nSPS) is 14.1. The molecule has 0 aliphatic carbocycles. The van der Waals surface area contributed by atoms with Crippen LogP contribution < -0.4 is 14.2 Å². The Balaban J connectivity index is 1.64. The fourth-order valence-corrected chi connectivity index (χ4v) is 3.64. The molecule has 160 valence electrons. The molecular weight excluding hydrogens is 388 g/mol. The van der Waals surface area contributed by atoms with Crippen molar-refractivity contribution in [3.05, 3.63) is 53.1 Å². The fraction of sp³-hybridized carbons (Fsp3) is 0.364. The van der Waals surface area contributed by atoms with Crippen LogP contribution in [0.15, 0.2) is 36.4 Å². The number of ether oxygens (including phenoxy) is 3. The summed E-state index contributed by atoms with van der Waals surface area (Å²) in [4.78, 5) is 27.9. The van der Waals surface area contributed by atoms with E-state index in [0.717, 1.165) is 10.5 Å². The lowest BCUT2D eigenvalue weighted by molar-refractivity contribution is 0.0488. The molecule has 1 aliphatic rings. The molecular formula is C22H26N2O6. The number of hydrogen-bond acceptors (Lipinski definition) is 7. The molecule has 0 saturated heterocycles. The van der Waals surface area contributed by atoms with Crippen molar-refractivity contribution in [3.63, 3.8) is 0 Å². The van der Waals surface area contributed by atoms with E-state index >= 15 is 0 Å². The van der Waals surface area contributed by atoms with E-state index in [0.29, 0.717) is 34.9 Å². The van der Waals surface area contributed by atoms with Crippen LogP contribution in [0.4, 0.5) is 0 Å². The molecule has 0 spiro atoms. The maximum Gasteiger partial charge on any atom is 0.261 e. The number of rotatable bonds is 9. The number of imide groups is 1. The molecule has 0 saturated carbocycles. The molecule has 8 heteroatoms. The first-order valence-corrected chi connectivity index (χ1v) is 9.50. The molecule has 0 bridgehead atoms. The molecule has 1 N–H and O–H groups in total. The van der Waals surface area contributed by atoms with Crippen molar-refractivity contribution >= 4 is 11.8 Å². The van der Waals surface area contributed by atoms with E-state index in [4.69, 9.17) is 14.2 Å². The zero-order valence-electron chi connectivity index (χ0n) is 17.5. The monoisotopic (exact) mass is 414 g/mol. The minimum atomic E-state index is -0.890. The highest BCUT2D eigenvalue weighted by atomic mass is 16.5. The van der Waals surface area contributed by atoms with Gasteiger partial charge in [0.25, 0.3) is 11.8 Å². The Morgan fingerprint density at radius 1 is 0.967 bits per heavy atom. The first-order chi connectivity index (χ1) is 14.4. The second kappa shape index (κ2) is 9.15. The fourth-order valence-electron chi connectivity index (χ4n) is 3.64. The van der Waals surface area contributed by atoms with Crippen LogP contribution in [0, 0.1) is 0 Å². The van der Waals surface area contributed by atoms with Crippen molar-refractivity contribution < 1.29 is 28.9 Å². The number of benzene rings is 2. The number of fused-ring (bicyclic) bond motifs is 1. The highest BCUT2D eigenvalue weighted by Gasteiger charge is 2.36. The molecule has 0 radical (unpaired) electrons. The minimum Gasteiger partial charge on any atom is -0.493 e. The number of carbonyl (C=O) groups is 2. The van der Waals surface area contributed by atoms with Crippen molar-refractivity contribution in [1.29, 1.82) is 0 Å². The van der Waals surface area contributed by atoms with E-state index < -0.39 is 6.10 Å². The Labute approximate surface area is 175 Å². The number of likely N-dealkylation sites (N-methyl/N-ethyl adjacent to an activating group) is 1. The highest BCUT2D eigenvalue weighted by Crippen LogP contribution is 2.38. The van der Waals surface area contributed by atoms with Gasteiger partial charge in [-0.3, -0.25) is 19.4 Å². The minimum absolute atomic E-state index is 0.0636. The molecule has 1 aliphatic heterocycles. The molecule has 2 aromatic rings. The van der Waals surface area contributed by atoms with E-state index in [1.807, 2.05) is 24.1 Å². The molecule has 1 unspecified atom stereocenters. The van der Waals surface area contributed by atoms with Crippen molar-refractivity contribution in [2.45, 2.75) is 12.6 Å². The molecule has 30 heavy (non-hydrogen) atoms. The van der Waals surface area contributed by atoms with E-state index in [9.17, 15) is 14.7 Å². The lowest BCUT2D eigenvalue weighted by atomic mass is 10.1. The van der Waals surface area contributed by atoms with Crippen LogP contribution in [0.2, 0.25) is 0 Å². The first kappa shape index (κ1) is 21.6. The number of amides is 2. The van der Waals surface area contributed by atoms with Crippen molar-refractivity contribution in [2.75, 3.05) is 41.5 Å². The third kappa shape index (κ3) is 4.24. The summed E-state index contributed by atoms with van der Waals surface area (Å²) in [5, 5.41) is 10.5. The zero-order valence-corrected chi connectivity index (χ0v) is 17.5. The van der Waals surface area contributed by atoms with Gasteiger partial charge in [-0.25, -0.2) is 0 Å². The van der Waals surface area contributed by atoms with Gasteiger partial charge < -0.3 is 19.3 Å². The maximum absolute atomic E-state index is 12.5. The predicted octanol–water partition coefficient (Wildman–Crippen LogP) is 1.80. The Morgan fingerprint density at radius 2 is 1.50 bits per heavy atom. The Morgan fingerprint density at radius 3 is 1.97 bits per heavy atom. The molecule has 0 aromatic heterocycles. The Hall–Kier alpha value is -3.10. The molecule has 1 heterocycles. The van der Waals surface area contributed by atoms with Gasteiger partial charge in [0.15, 0.2) is 11.5 Å². The summed E-state index contributed by atoms with van der Waals surface area (Å²) < 4.78 is 16.1. The summed E-state index contributed by atoms with van der Waals surface area (Å²) in [5.74, 6) is 0.861. The second-order valence-electron chi connectivity index (χ2n) is 7.15. The number of aliphatic hydroxyl groups is 1. The van der Waals surface area contributed by atoms with Crippen LogP contribution >= 0.6 is 0 Å². The van der Waals surface area contributed by atoms with Crippen molar-refractivity contribution in [1.82, 2.24) is 9.80 Å². The van der Waals surface area contributed by atoms with Crippen molar-refractivity contribution in [2.24, 2.45) is 0 Å². The van der Waals surface area contributed by atoms with Crippen LogP contribution in [0.25, 0.3) is 0 Å². The number of methoxy groups -OCH3 is 3. The van der Waals surface area contributed by atoms with Crippen LogP contribution in [-0.2, 0) is 6.54 Å². The van der Waals surface area contributed by atoms with E-state index in [2.05, 4.69) is 0 Å². The number of aliphatic hydroxyl groups excluding tert-OH is 1. The first-order valence-electron chi connectivity index (χ1n) is 9.50. The second-order valence-corrected chi connectivity index (χ2v) is 7.15. The number of hydrogen-bond donors (Lipinski definition) is 1. The molecule has 3 rings (SSSR count). The summed E-state index contributed by atoms with van der Waals surface area (Å²) in [5.41, 5.74) is 1.65. The lowest BCUT2D eigenvalue weighted by Crippen LogP contribution is -2.41. The SMILES string of the molecule is COc1cc(CN(C)CC(O)CN2C(=O)c3ccccc3C2=O)cc(OC)c1OC. The summed E-state index contributed by atoms with van der Waals surface area (Å²) >= 11 is 0. The Bertz CT molecular complexity index is 885. The van der Waals surface area contributed by atoms with Gasteiger partial charge in [-0.2, -0.15) is 0 Å². The van der Waals surface area contributed by atoms with Gasteiger partial charge >= 0.3 is 0 Å². The van der Waals surface area contributed by atoms with E-state index in [-0.39, 0.29) is 24.9 Å².